The van der Waals surface area contributed by atoms with Crippen LogP contribution in [0.15, 0.2) is 12.2 Å². The Morgan fingerprint density at radius 2 is 1.86 bits per heavy atom. The summed E-state index contributed by atoms with van der Waals surface area (Å²) in [6, 6.07) is 0. The molecule has 0 saturated carbocycles. The molecule has 0 radical (unpaired) electrons. The molecule has 0 amide bonds. The molecule has 0 bridgehead atoms. The van der Waals surface area contributed by atoms with Gasteiger partial charge < -0.3 is 14.9 Å². The van der Waals surface area contributed by atoms with Gasteiger partial charge in [0.2, 0.25) is 0 Å². The average molecular weight is 377 g/mol. The lowest BCUT2D eigenvalue weighted by atomic mass is 9.60. The molecule has 122 valence electrons. The first-order chi connectivity index (χ1) is 10.2. The Balaban J connectivity index is 3.43. The topological polar surface area (TPSA) is 118 Å². The zero-order valence-electron chi connectivity index (χ0n) is 12.2. The highest BCUT2D eigenvalue weighted by Gasteiger charge is 2.58. The number of Topliss-reactive ketones (excluding diaryl/α,β-unsaturated/α-hetero) is 1. The van der Waals surface area contributed by atoms with Gasteiger partial charge in [0.1, 0.15) is 0 Å². The number of carbonyl (C=O) groups excluding carboxylic acids is 2. The Morgan fingerprint density at radius 3 is 2.27 bits per heavy atom. The van der Waals surface area contributed by atoms with E-state index in [-0.39, 0.29) is 11.9 Å². The van der Waals surface area contributed by atoms with E-state index in [4.69, 9.17) is 4.74 Å². The first-order valence-electron chi connectivity index (χ1n) is 6.57. The van der Waals surface area contributed by atoms with Gasteiger partial charge in [-0.1, -0.05) is 28.1 Å². The van der Waals surface area contributed by atoms with Gasteiger partial charge in [-0.3, -0.25) is 19.2 Å². The number of aliphatic carboxylic acids is 2. The number of hydrogen-bond acceptors (Lipinski definition) is 5. The minimum atomic E-state index is -2.10. The number of alkyl halides is 1. The summed E-state index contributed by atoms with van der Waals surface area (Å²) in [5, 5.41) is 18.9. The fourth-order valence-corrected chi connectivity index (χ4v) is 2.96. The molecule has 0 aromatic heterocycles. The summed E-state index contributed by atoms with van der Waals surface area (Å²) in [7, 11) is 0. The smallest absolute Gasteiger partial charge is 0.327 e. The van der Waals surface area contributed by atoms with Crippen molar-refractivity contribution >= 4 is 39.6 Å². The minimum Gasteiger partial charge on any atom is -0.481 e. The molecular weight excluding hydrogens is 360 g/mol. The van der Waals surface area contributed by atoms with Crippen LogP contribution in [0.4, 0.5) is 0 Å². The Labute approximate surface area is 135 Å². The molecule has 0 spiro atoms. The number of rotatable bonds is 6. The summed E-state index contributed by atoms with van der Waals surface area (Å²) >= 11 is 2.98. The van der Waals surface area contributed by atoms with Gasteiger partial charge >= 0.3 is 17.9 Å². The van der Waals surface area contributed by atoms with E-state index in [1.807, 2.05) is 0 Å². The summed E-state index contributed by atoms with van der Waals surface area (Å²) < 4.78 is 4.78. The van der Waals surface area contributed by atoms with Crippen LogP contribution in [0.5, 0.6) is 0 Å². The Kier molecular flexibility index (Phi) is 5.50. The lowest BCUT2D eigenvalue weighted by molar-refractivity contribution is -0.172. The molecule has 3 atom stereocenters. The van der Waals surface area contributed by atoms with Crippen LogP contribution >= 0.6 is 15.9 Å². The Morgan fingerprint density at radius 1 is 1.27 bits per heavy atom. The molecule has 1 rings (SSSR count). The van der Waals surface area contributed by atoms with Crippen LogP contribution in [0.25, 0.3) is 0 Å². The lowest BCUT2D eigenvalue weighted by Gasteiger charge is -2.40. The van der Waals surface area contributed by atoms with Crippen molar-refractivity contribution in [2.45, 2.75) is 20.3 Å². The first-order valence-corrected chi connectivity index (χ1v) is 7.70. The highest BCUT2D eigenvalue weighted by atomic mass is 79.9. The number of esters is 1. The van der Waals surface area contributed by atoms with Crippen LogP contribution in [0.1, 0.15) is 20.3 Å². The number of carboxylic acid groups (broad SMARTS) is 2. The van der Waals surface area contributed by atoms with Crippen molar-refractivity contribution in [3.05, 3.63) is 12.2 Å². The highest BCUT2D eigenvalue weighted by molar-refractivity contribution is 9.09. The van der Waals surface area contributed by atoms with Crippen LogP contribution in [0, 0.1) is 16.7 Å². The van der Waals surface area contributed by atoms with Gasteiger partial charge in [0.15, 0.2) is 11.2 Å². The predicted molar refractivity (Wildman–Crippen MR) is 78.5 cm³/mol. The Hall–Kier alpha value is -1.70. The van der Waals surface area contributed by atoms with Gasteiger partial charge in [-0.05, 0) is 20.3 Å². The summed E-state index contributed by atoms with van der Waals surface area (Å²) in [5.74, 6) is -5.29. The van der Waals surface area contributed by atoms with Gasteiger partial charge in [0, 0.05) is 0 Å². The third-order valence-electron chi connectivity index (χ3n) is 3.89. The van der Waals surface area contributed by atoms with Crippen molar-refractivity contribution in [1.82, 2.24) is 0 Å². The molecule has 3 unspecified atom stereocenters. The van der Waals surface area contributed by atoms with Crippen LogP contribution in [0.3, 0.4) is 0 Å². The highest BCUT2D eigenvalue weighted by Crippen LogP contribution is 2.47. The molecule has 0 heterocycles. The zero-order valence-corrected chi connectivity index (χ0v) is 13.8. The van der Waals surface area contributed by atoms with Gasteiger partial charge in [0.25, 0.3) is 0 Å². The standard InChI is InChI=1S/C14H17BrO7/c1-3-22-12(21)14(11(19)20)5-4-8(9(16)6-15)13(2,7-14)10(17)18/h4-5,8H,3,6-7H2,1-2H3,(H,17,18)(H,19,20). The second-order valence-corrected chi connectivity index (χ2v) is 5.89. The summed E-state index contributed by atoms with van der Waals surface area (Å²) in [4.78, 5) is 47.3. The number of carbonyl (C=O) groups is 4. The van der Waals surface area contributed by atoms with Crippen molar-refractivity contribution in [1.29, 1.82) is 0 Å². The molecule has 22 heavy (non-hydrogen) atoms. The molecule has 0 aromatic carbocycles. The fraction of sp³-hybridized carbons (Fsp3) is 0.571. The molecule has 0 aromatic rings. The van der Waals surface area contributed by atoms with E-state index in [0.717, 1.165) is 6.08 Å². The minimum absolute atomic E-state index is 0.0325. The molecular formula is C14H17BrO7. The number of ketones is 1. The molecule has 0 fully saturated rings. The largest absolute Gasteiger partial charge is 0.481 e. The maximum absolute atomic E-state index is 12.1. The van der Waals surface area contributed by atoms with Crippen molar-refractivity contribution in [2.75, 3.05) is 11.9 Å². The van der Waals surface area contributed by atoms with E-state index < -0.39 is 46.9 Å². The van der Waals surface area contributed by atoms with E-state index in [1.165, 1.54) is 19.9 Å². The number of ether oxygens (including phenoxy) is 1. The number of hydrogen-bond donors (Lipinski definition) is 2. The average Bonchev–Trinajstić information content (AvgIpc) is 2.46. The van der Waals surface area contributed by atoms with Crippen LogP contribution < -0.4 is 0 Å². The van der Waals surface area contributed by atoms with Gasteiger partial charge in [-0.15, -0.1) is 0 Å². The monoisotopic (exact) mass is 376 g/mol. The summed E-state index contributed by atoms with van der Waals surface area (Å²) in [6.07, 6.45) is 1.71. The van der Waals surface area contributed by atoms with Crippen LogP contribution in [-0.4, -0.2) is 45.8 Å². The van der Waals surface area contributed by atoms with Crippen molar-refractivity contribution in [3.63, 3.8) is 0 Å². The summed E-state index contributed by atoms with van der Waals surface area (Å²) in [5.41, 5.74) is -3.82. The third kappa shape index (κ3) is 2.92. The fourth-order valence-electron chi connectivity index (χ4n) is 2.61. The van der Waals surface area contributed by atoms with Gasteiger partial charge in [0.05, 0.1) is 23.3 Å². The maximum atomic E-state index is 12.1. The molecule has 8 heteroatoms. The number of allylic oxidation sites excluding steroid dienone is 1. The van der Waals surface area contributed by atoms with Crippen molar-refractivity contribution < 1.29 is 34.1 Å². The SMILES string of the molecule is CCOC(=O)C1(C(=O)O)C=CC(C(=O)CBr)C(C)(C(=O)O)C1. The van der Waals surface area contributed by atoms with E-state index in [0.29, 0.717) is 0 Å². The van der Waals surface area contributed by atoms with E-state index >= 15 is 0 Å². The maximum Gasteiger partial charge on any atom is 0.327 e. The van der Waals surface area contributed by atoms with E-state index in [1.54, 1.807) is 0 Å². The quantitative estimate of drug-likeness (QED) is 0.310. The lowest BCUT2D eigenvalue weighted by Crippen LogP contribution is -2.52. The molecule has 0 aliphatic heterocycles. The predicted octanol–water partition coefficient (Wildman–Crippen LogP) is 1.25. The first kappa shape index (κ1) is 18.3. The van der Waals surface area contributed by atoms with Crippen molar-refractivity contribution in [2.24, 2.45) is 16.7 Å². The molecule has 1 aliphatic rings. The molecule has 2 N–H and O–H groups in total. The third-order valence-corrected chi connectivity index (χ3v) is 4.45. The number of halogens is 1. The number of carboxylic acids is 2. The van der Waals surface area contributed by atoms with Crippen molar-refractivity contribution in [3.8, 4) is 0 Å². The normalized spacial score (nSPS) is 30.6. The second kappa shape index (κ2) is 6.60. The van der Waals surface area contributed by atoms with Gasteiger partial charge in [-0.2, -0.15) is 0 Å². The second-order valence-electron chi connectivity index (χ2n) is 5.33. The Bertz CT molecular complexity index is 541. The summed E-state index contributed by atoms with van der Waals surface area (Å²) in [6.45, 7) is 2.75. The molecule has 0 saturated heterocycles. The zero-order chi connectivity index (χ0) is 17.1. The van der Waals surface area contributed by atoms with E-state index in [9.17, 15) is 29.4 Å². The van der Waals surface area contributed by atoms with E-state index in [2.05, 4.69) is 15.9 Å². The van der Waals surface area contributed by atoms with Gasteiger partial charge in [-0.25, -0.2) is 0 Å². The van der Waals surface area contributed by atoms with Crippen LogP contribution in [0.2, 0.25) is 0 Å². The molecule has 7 nitrogen and oxygen atoms in total. The molecule has 1 aliphatic carbocycles. The van der Waals surface area contributed by atoms with Crippen LogP contribution in [-0.2, 0) is 23.9 Å².